The van der Waals surface area contributed by atoms with Gasteiger partial charge in [-0.2, -0.15) is 9.57 Å². The van der Waals surface area contributed by atoms with Gasteiger partial charge in [0.15, 0.2) is 0 Å². The van der Waals surface area contributed by atoms with Crippen molar-refractivity contribution >= 4 is 15.9 Å². The van der Waals surface area contributed by atoms with Crippen LogP contribution in [0.5, 0.6) is 0 Å². The number of nitrogens with zero attached hydrogens (tertiary/aromatic N) is 2. The van der Waals surface area contributed by atoms with Gasteiger partial charge in [-0.1, -0.05) is 50.2 Å². The zero-order valence-corrected chi connectivity index (χ0v) is 19.7. The van der Waals surface area contributed by atoms with Crippen LogP contribution in [-0.4, -0.2) is 31.7 Å². The lowest BCUT2D eigenvalue weighted by Crippen LogP contribution is -2.43. The summed E-state index contributed by atoms with van der Waals surface area (Å²) < 4.78 is 27.3. The fraction of sp³-hybridized carbons (Fsp3) is 0.440. The monoisotopic (exact) mass is 453 g/mol. The van der Waals surface area contributed by atoms with Crippen molar-refractivity contribution in [1.29, 1.82) is 5.26 Å². The van der Waals surface area contributed by atoms with E-state index in [-0.39, 0.29) is 41.4 Å². The zero-order chi connectivity index (χ0) is 23.3. The maximum absolute atomic E-state index is 13.0. The molecule has 1 N–H and O–H groups in total. The summed E-state index contributed by atoms with van der Waals surface area (Å²) in [6, 6.07) is 16.4. The Morgan fingerprint density at radius 3 is 2.31 bits per heavy atom. The number of carbonyl (C=O) groups is 1. The van der Waals surface area contributed by atoms with Crippen LogP contribution in [0, 0.1) is 23.2 Å². The third-order valence-electron chi connectivity index (χ3n) is 5.93. The summed E-state index contributed by atoms with van der Waals surface area (Å²) >= 11 is 0. The average molecular weight is 454 g/mol. The van der Waals surface area contributed by atoms with Gasteiger partial charge >= 0.3 is 0 Å². The molecule has 3 rings (SSSR count). The maximum atomic E-state index is 13.0. The van der Waals surface area contributed by atoms with Crippen molar-refractivity contribution in [2.45, 2.75) is 51.0 Å². The molecule has 0 spiro atoms. The molecule has 7 heteroatoms. The highest BCUT2D eigenvalue weighted by Gasteiger charge is 2.33. The third-order valence-corrected chi connectivity index (χ3v) is 7.89. The van der Waals surface area contributed by atoms with E-state index in [2.05, 4.69) is 43.4 Å². The molecule has 6 nitrogen and oxygen atoms in total. The van der Waals surface area contributed by atoms with E-state index in [0.29, 0.717) is 18.8 Å². The van der Waals surface area contributed by atoms with Crippen LogP contribution in [0.2, 0.25) is 0 Å². The van der Waals surface area contributed by atoms with Crippen LogP contribution >= 0.6 is 0 Å². The number of sulfonamides is 1. The summed E-state index contributed by atoms with van der Waals surface area (Å²) in [5, 5.41) is 12.3. The fourth-order valence-corrected chi connectivity index (χ4v) is 5.72. The van der Waals surface area contributed by atoms with Gasteiger partial charge in [-0.3, -0.25) is 4.79 Å². The van der Waals surface area contributed by atoms with E-state index >= 15 is 0 Å². The molecule has 1 fully saturated rings. The number of piperidine rings is 1. The molecule has 170 valence electrons. The van der Waals surface area contributed by atoms with Crippen LogP contribution in [-0.2, 0) is 21.2 Å². The van der Waals surface area contributed by atoms with Gasteiger partial charge in [0.2, 0.25) is 15.9 Å². The second-order valence-corrected chi connectivity index (χ2v) is 10.8. The summed E-state index contributed by atoms with van der Waals surface area (Å²) in [7, 11) is -3.75. The summed E-state index contributed by atoms with van der Waals surface area (Å²) in [6.07, 6.45) is 1.95. The van der Waals surface area contributed by atoms with Gasteiger partial charge in [-0.05, 0) is 55.4 Å². The van der Waals surface area contributed by atoms with Gasteiger partial charge < -0.3 is 5.32 Å². The van der Waals surface area contributed by atoms with E-state index in [9.17, 15) is 18.5 Å². The van der Waals surface area contributed by atoms with Crippen LogP contribution in [0.25, 0.3) is 0 Å². The number of hydrogen-bond acceptors (Lipinski definition) is 4. The smallest absolute Gasteiger partial charge is 0.244 e. The quantitative estimate of drug-likeness (QED) is 0.685. The Labute approximate surface area is 191 Å². The molecule has 1 saturated heterocycles. The molecule has 0 bridgehead atoms. The SMILES string of the molecule is CC(C)Cc1ccc(C(C)NC(=O)C2CCN(S(=O)(=O)c3ccccc3C#N)CC2)cc1. The Balaban J connectivity index is 1.58. The summed E-state index contributed by atoms with van der Waals surface area (Å²) in [4.78, 5) is 12.8. The lowest BCUT2D eigenvalue weighted by molar-refractivity contribution is -0.126. The van der Waals surface area contributed by atoms with Crippen LogP contribution in [0.15, 0.2) is 53.4 Å². The fourth-order valence-electron chi connectivity index (χ4n) is 4.11. The molecule has 32 heavy (non-hydrogen) atoms. The lowest BCUT2D eigenvalue weighted by Gasteiger charge is -2.31. The number of amides is 1. The maximum Gasteiger partial charge on any atom is 0.244 e. The van der Waals surface area contributed by atoms with E-state index in [1.165, 1.54) is 22.0 Å². The van der Waals surface area contributed by atoms with E-state index in [4.69, 9.17) is 0 Å². The van der Waals surface area contributed by atoms with Crippen molar-refractivity contribution in [3.8, 4) is 6.07 Å². The van der Waals surface area contributed by atoms with Gasteiger partial charge in [-0.15, -0.1) is 0 Å². The minimum Gasteiger partial charge on any atom is -0.349 e. The van der Waals surface area contributed by atoms with Crippen molar-refractivity contribution in [3.05, 3.63) is 65.2 Å². The molecule has 1 amide bonds. The first kappa shape index (κ1) is 24.0. The predicted molar refractivity (Wildman–Crippen MR) is 124 cm³/mol. The molecule has 1 heterocycles. The summed E-state index contributed by atoms with van der Waals surface area (Å²) in [6.45, 7) is 6.87. The van der Waals surface area contributed by atoms with Crippen molar-refractivity contribution in [2.75, 3.05) is 13.1 Å². The lowest BCUT2D eigenvalue weighted by atomic mass is 9.96. The van der Waals surface area contributed by atoms with E-state index in [1.54, 1.807) is 12.1 Å². The highest BCUT2D eigenvalue weighted by Crippen LogP contribution is 2.26. The number of benzene rings is 2. The predicted octanol–water partition coefficient (Wildman–Crippen LogP) is 4.03. The average Bonchev–Trinajstić information content (AvgIpc) is 2.79. The number of rotatable bonds is 7. The normalized spacial score (nSPS) is 16.5. The topological polar surface area (TPSA) is 90.3 Å². The highest BCUT2D eigenvalue weighted by molar-refractivity contribution is 7.89. The van der Waals surface area contributed by atoms with Gasteiger partial charge in [0.1, 0.15) is 6.07 Å². The standard InChI is InChI=1S/C25H31N3O3S/c1-18(2)16-20-8-10-21(11-9-20)19(3)27-25(29)22-12-14-28(15-13-22)32(30,31)24-7-5-4-6-23(24)17-26/h4-11,18-19,22H,12-16H2,1-3H3,(H,27,29). The second-order valence-electron chi connectivity index (χ2n) is 8.86. The second kappa shape index (κ2) is 10.3. The molecule has 1 aliphatic heterocycles. The van der Waals surface area contributed by atoms with Crippen LogP contribution in [0.1, 0.15) is 56.3 Å². The van der Waals surface area contributed by atoms with Crippen molar-refractivity contribution < 1.29 is 13.2 Å². The largest absolute Gasteiger partial charge is 0.349 e. The summed E-state index contributed by atoms with van der Waals surface area (Å²) in [5.41, 5.74) is 2.48. The van der Waals surface area contributed by atoms with E-state index < -0.39 is 10.0 Å². The number of nitriles is 1. The van der Waals surface area contributed by atoms with Gasteiger partial charge in [0, 0.05) is 19.0 Å². The molecule has 0 aliphatic carbocycles. The van der Waals surface area contributed by atoms with Crippen LogP contribution < -0.4 is 5.32 Å². The Morgan fingerprint density at radius 1 is 1.09 bits per heavy atom. The van der Waals surface area contributed by atoms with Crippen LogP contribution in [0.3, 0.4) is 0 Å². The Kier molecular flexibility index (Phi) is 7.70. The number of hydrogen-bond donors (Lipinski definition) is 1. The molecule has 0 saturated carbocycles. The van der Waals surface area contributed by atoms with Gasteiger partial charge in [0.05, 0.1) is 16.5 Å². The molecule has 2 aromatic carbocycles. The first-order chi connectivity index (χ1) is 15.2. The van der Waals surface area contributed by atoms with Crippen molar-refractivity contribution in [2.24, 2.45) is 11.8 Å². The number of nitrogens with one attached hydrogen (secondary N) is 1. The zero-order valence-electron chi connectivity index (χ0n) is 18.9. The molecule has 1 unspecified atom stereocenters. The molecular formula is C25H31N3O3S. The van der Waals surface area contributed by atoms with E-state index in [0.717, 1.165) is 12.0 Å². The van der Waals surface area contributed by atoms with Crippen LogP contribution in [0.4, 0.5) is 0 Å². The minimum absolute atomic E-state index is 0.0277. The minimum atomic E-state index is -3.75. The molecular weight excluding hydrogens is 422 g/mol. The molecule has 0 aromatic heterocycles. The van der Waals surface area contributed by atoms with Gasteiger partial charge in [-0.25, -0.2) is 8.42 Å². The highest BCUT2D eigenvalue weighted by atomic mass is 32.2. The van der Waals surface area contributed by atoms with Crippen molar-refractivity contribution in [1.82, 2.24) is 9.62 Å². The van der Waals surface area contributed by atoms with Crippen molar-refractivity contribution in [3.63, 3.8) is 0 Å². The molecule has 1 aliphatic rings. The molecule has 0 radical (unpaired) electrons. The summed E-state index contributed by atoms with van der Waals surface area (Å²) in [5.74, 6) is 0.328. The Morgan fingerprint density at radius 2 is 1.72 bits per heavy atom. The Bertz CT molecular complexity index is 1080. The van der Waals surface area contributed by atoms with Gasteiger partial charge in [0.25, 0.3) is 0 Å². The van der Waals surface area contributed by atoms with E-state index in [1.807, 2.05) is 13.0 Å². The number of carbonyl (C=O) groups excluding carboxylic acids is 1. The molecule has 1 atom stereocenters. The molecule has 2 aromatic rings. The third kappa shape index (κ3) is 5.56. The Hall–Kier alpha value is -2.69. The first-order valence-corrected chi connectivity index (χ1v) is 12.5. The first-order valence-electron chi connectivity index (χ1n) is 11.1.